The molecule has 3 rings (SSSR count). The van der Waals surface area contributed by atoms with Crippen LogP contribution in [0.2, 0.25) is 0 Å². The van der Waals surface area contributed by atoms with Gasteiger partial charge in [-0.05, 0) is 55.3 Å². The van der Waals surface area contributed by atoms with Gasteiger partial charge >= 0.3 is 0 Å². The summed E-state index contributed by atoms with van der Waals surface area (Å²) in [6, 6.07) is 33.4. The second kappa shape index (κ2) is 8.97. The number of benzene rings is 3. The lowest BCUT2D eigenvalue weighted by atomic mass is 10.2. The first-order valence-electron chi connectivity index (χ1n) is 9.48. The van der Waals surface area contributed by atoms with E-state index in [0.717, 1.165) is 12.6 Å². The van der Waals surface area contributed by atoms with Gasteiger partial charge in [0.25, 0.3) is 0 Å². The van der Waals surface area contributed by atoms with Crippen molar-refractivity contribution < 1.29 is 0 Å². The average molecular weight is 359 g/mol. The summed E-state index contributed by atoms with van der Waals surface area (Å²) in [4.78, 5) is 0. The van der Waals surface area contributed by atoms with E-state index in [-0.39, 0.29) is 0 Å². The van der Waals surface area contributed by atoms with Crippen molar-refractivity contribution in [2.75, 3.05) is 6.16 Å². The van der Waals surface area contributed by atoms with E-state index in [9.17, 15) is 0 Å². The minimum absolute atomic E-state index is 1.10. The summed E-state index contributed by atoms with van der Waals surface area (Å²) in [7, 11) is -1.72. The number of hydrogen-bond donors (Lipinski definition) is 0. The summed E-state index contributed by atoms with van der Waals surface area (Å²) in [5.41, 5.74) is 1.50. The molecule has 26 heavy (non-hydrogen) atoms. The fourth-order valence-electron chi connectivity index (χ4n) is 3.60. The Labute approximate surface area is 158 Å². The SMILES string of the molecule is CCCC=C(C)C[P+](c1ccccc1)(c1ccccc1)c1ccccc1. The highest BCUT2D eigenvalue weighted by molar-refractivity contribution is 7.95. The van der Waals surface area contributed by atoms with Crippen LogP contribution < -0.4 is 15.9 Å². The van der Waals surface area contributed by atoms with E-state index in [1.165, 1.54) is 27.9 Å². The van der Waals surface area contributed by atoms with Crippen LogP contribution in [-0.2, 0) is 0 Å². The van der Waals surface area contributed by atoms with Crippen LogP contribution in [0.15, 0.2) is 103 Å². The Balaban J connectivity index is 2.24. The van der Waals surface area contributed by atoms with Gasteiger partial charge in [-0.15, -0.1) is 0 Å². The van der Waals surface area contributed by atoms with Crippen molar-refractivity contribution in [2.24, 2.45) is 0 Å². The second-order valence-corrected chi connectivity index (χ2v) is 10.3. The van der Waals surface area contributed by atoms with Crippen LogP contribution in [0.1, 0.15) is 26.7 Å². The molecule has 0 aliphatic heterocycles. The molecule has 0 saturated carbocycles. The van der Waals surface area contributed by atoms with Crippen LogP contribution in [0.5, 0.6) is 0 Å². The molecule has 3 aromatic rings. The molecule has 0 nitrogen and oxygen atoms in total. The molecule has 0 saturated heterocycles. The first-order valence-corrected chi connectivity index (χ1v) is 11.5. The smallest absolute Gasteiger partial charge is 0.0820 e. The maximum absolute atomic E-state index is 2.43. The lowest BCUT2D eigenvalue weighted by molar-refractivity contribution is 0.948. The third kappa shape index (κ3) is 3.97. The summed E-state index contributed by atoms with van der Waals surface area (Å²) in [6.45, 7) is 4.55. The van der Waals surface area contributed by atoms with Crippen molar-refractivity contribution in [3.63, 3.8) is 0 Å². The highest BCUT2D eigenvalue weighted by Crippen LogP contribution is 2.56. The molecule has 0 heterocycles. The Morgan fingerprint density at radius 1 is 0.692 bits per heavy atom. The van der Waals surface area contributed by atoms with E-state index >= 15 is 0 Å². The van der Waals surface area contributed by atoms with Crippen molar-refractivity contribution in [3.8, 4) is 0 Å². The Bertz CT molecular complexity index is 723. The molecule has 0 fully saturated rings. The minimum atomic E-state index is -1.72. The van der Waals surface area contributed by atoms with Gasteiger partial charge < -0.3 is 0 Å². The first kappa shape index (κ1) is 18.6. The zero-order valence-corrected chi connectivity index (χ0v) is 16.7. The van der Waals surface area contributed by atoms with E-state index in [1.807, 2.05) is 0 Å². The predicted molar refractivity (Wildman–Crippen MR) is 119 cm³/mol. The maximum Gasteiger partial charge on any atom is 0.116 e. The molecule has 0 aromatic heterocycles. The molecule has 0 atom stereocenters. The van der Waals surface area contributed by atoms with Crippen LogP contribution in [0, 0.1) is 0 Å². The molecule has 0 radical (unpaired) electrons. The molecule has 0 spiro atoms. The number of unbranched alkanes of at least 4 members (excludes halogenated alkanes) is 1. The van der Waals surface area contributed by atoms with Gasteiger partial charge in [0, 0.05) is 0 Å². The summed E-state index contributed by atoms with van der Waals surface area (Å²) >= 11 is 0. The third-order valence-corrected chi connectivity index (χ3v) is 9.37. The van der Waals surface area contributed by atoms with Crippen molar-refractivity contribution in [1.29, 1.82) is 0 Å². The largest absolute Gasteiger partial charge is 0.116 e. The Morgan fingerprint density at radius 3 is 1.42 bits per heavy atom. The summed E-state index contributed by atoms with van der Waals surface area (Å²) < 4.78 is 0. The summed E-state index contributed by atoms with van der Waals surface area (Å²) in [6.07, 6.45) is 5.89. The van der Waals surface area contributed by atoms with Gasteiger partial charge in [-0.1, -0.05) is 74.0 Å². The topological polar surface area (TPSA) is 0 Å². The standard InChI is InChI=1S/C25H28P/c1-3-4-14-22(2)21-26(23-15-8-5-9-16-23,24-17-10-6-11-18-24)25-19-12-7-13-20-25/h5-20H,3-4,21H2,1-2H3/q+1. The Morgan fingerprint density at radius 2 is 1.08 bits per heavy atom. The van der Waals surface area contributed by atoms with E-state index in [1.54, 1.807) is 0 Å². The quantitative estimate of drug-likeness (QED) is 0.373. The molecule has 0 unspecified atom stereocenters. The molecular weight excluding hydrogens is 331 g/mol. The van der Waals surface area contributed by atoms with E-state index in [2.05, 4.69) is 111 Å². The zero-order valence-electron chi connectivity index (χ0n) is 15.8. The molecular formula is C25H28P+. The van der Waals surface area contributed by atoms with Gasteiger partial charge in [-0.2, -0.15) is 0 Å². The number of hydrogen-bond acceptors (Lipinski definition) is 0. The van der Waals surface area contributed by atoms with Crippen LogP contribution in [-0.4, -0.2) is 6.16 Å². The second-order valence-electron chi connectivity index (χ2n) is 6.81. The Hall–Kier alpha value is -2.17. The molecule has 0 amide bonds. The van der Waals surface area contributed by atoms with Gasteiger partial charge in [-0.3, -0.25) is 0 Å². The monoisotopic (exact) mass is 359 g/mol. The Kier molecular flexibility index (Phi) is 6.42. The minimum Gasteiger partial charge on any atom is -0.0820 e. The van der Waals surface area contributed by atoms with E-state index < -0.39 is 7.26 Å². The van der Waals surface area contributed by atoms with Crippen LogP contribution >= 0.6 is 7.26 Å². The van der Waals surface area contributed by atoms with Crippen molar-refractivity contribution in [1.82, 2.24) is 0 Å². The first-order chi connectivity index (χ1) is 12.8. The van der Waals surface area contributed by atoms with Crippen molar-refractivity contribution >= 4 is 23.2 Å². The van der Waals surface area contributed by atoms with Crippen LogP contribution in [0.3, 0.4) is 0 Å². The van der Waals surface area contributed by atoms with Gasteiger partial charge in [-0.25, -0.2) is 0 Å². The predicted octanol–water partition coefficient (Wildman–Crippen LogP) is 5.73. The molecule has 132 valence electrons. The fraction of sp³-hybridized carbons (Fsp3) is 0.200. The van der Waals surface area contributed by atoms with Gasteiger partial charge in [0.15, 0.2) is 0 Å². The third-order valence-electron chi connectivity index (χ3n) is 4.86. The molecule has 0 N–H and O–H groups in total. The van der Waals surface area contributed by atoms with Crippen molar-refractivity contribution in [3.05, 3.63) is 103 Å². The summed E-state index contributed by atoms with van der Waals surface area (Å²) in [5, 5.41) is 4.38. The van der Waals surface area contributed by atoms with E-state index in [0.29, 0.717) is 0 Å². The van der Waals surface area contributed by atoms with Crippen LogP contribution in [0.25, 0.3) is 0 Å². The van der Waals surface area contributed by atoms with Gasteiger partial charge in [0.05, 0.1) is 6.16 Å². The average Bonchev–Trinajstić information content (AvgIpc) is 2.72. The van der Waals surface area contributed by atoms with Gasteiger partial charge in [0.1, 0.15) is 23.2 Å². The molecule has 1 heteroatoms. The molecule has 0 aliphatic carbocycles. The summed E-state index contributed by atoms with van der Waals surface area (Å²) in [5.74, 6) is 0. The lowest BCUT2D eigenvalue weighted by Gasteiger charge is -2.28. The maximum atomic E-state index is 2.43. The highest BCUT2D eigenvalue weighted by Gasteiger charge is 2.45. The van der Waals surface area contributed by atoms with Crippen molar-refractivity contribution in [2.45, 2.75) is 26.7 Å². The molecule has 0 bridgehead atoms. The van der Waals surface area contributed by atoms with Crippen LogP contribution in [0.4, 0.5) is 0 Å². The fourth-order valence-corrected chi connectivity index (χ4v) is 7.96. The van der Waals surface area contributed by atoms with Gasteiger partial charge in [0.2, 0.25) is 0 Å². The lowest BCUT2D eigenvalue weighted by Crippen LogP contribution is -2.33. The molecule has 0 aliphatic rings. The highest BCUT2D eigenvalue weighted by atomic mass is 31.2. The number of allylic oxidation sites excluding steroid dienone is 2. The number of rotatable bonds is 7. The zero-order chi connectivity index (χ0) is 18.2. The molecule has 3 aromatic carbocycles. The normalized spacial score (nSPS) is 12.2. The van der Waals surface area contributed by atoms with E-state index in [4.69, 9.17) is 0 Å².